The second-order valence-corrected chi connectivity index (χ2v) is 6.14. The number of hydrogen-bond donors (Lipinski definition) is 2. The molecule has 2 aliphatic heterocycles. The molecule has 0 aliphatic carbocycles. The fourth-order valence-corrected chi connectivity index (χ4v) is 3.34. The van der Waals surface area contributed by atoms with E-state index in [1.54, 1.807) is 11.8 Å². The van der Waals surface area contributed by atoms with Crippen molar-refractivity contribution in [3.63, 3.8) is 0 Å². The average molecular weight is 338 g/mol. The van der Waals surface area contributed by atoms with Crippen LogP contribution in [0.1, 0.15) is 38.2 Å². The largest absolute Gasteiger partial charge is 0.326 e. The molecule has 0 bridgehead atoms. The Bertz CT molecular complexity index is 585. The van der Waals surface area contributed by atoms with E-state index in [4.69, 9.17) is 0 Å². The lowest BCUT2D eigenvalue weighted by atomic mass is 10.1. The number of nitrogens with zero attached hydrogens (tertiary/aromatic N) is 1. The van der Waals surface area contributed by atoms with Gasteiger partial charge in [0.2, 0.25) is 11.8 Å². The summed E-state index contributed by atoms with van der Waals surface area (Å²) in [7, 11) is 0. The number of anilines is 2. The topological polar surface area (TPSA) is 61.4 Å². The average Bonchev–Trinajstić information content (AvgIpc) is 3.14. The van der Waals surface area contributed by atoms with Crippen molar-refractivity contribution in [3.05, 3.63) is 23.8 Å². The molecule has 5 nitrogen and oxygen atoms in total. The SMILES string of the molecule is CC(=O)N1CCc2cc(NC(=O)CCC3CCCN3)ccc21.Cl. The normalized spacial score (nSPS) is 19.2. The van der Waals surface area contributed by atoms with Crippen LogP contribution in [0.4, 0.5) is 11.4 Å². The summed E-state index contributed by atoms with van der Waals surface area (Å²) in [5.74, 6) is 0.134. The molecular weight excluding hydrogens is 314 g/mol. The summed E-state index contributed by atoms with van der Waals surface area (Å²) in [6.07, 6.45) is 4.69. The van der Waals surface area contributed by atoms with E-state index >= 15 is 0 Å². The van der Waals surface area contributed by atoms with E-state index in [0.29, 0.717) is 12.5 Å². The number of amides is 2. The summed E-state index contributed by atoms with van der Waals surface area (Å²) >= 11 is 0. The van der Waals surface area contributed by atoms with Crippen LogP contribution in [-0.4, -0.2) is 30.9 Å². The maximum absolute atomic E-state index is 12.0. The lowest BCUT2D eigenvalue weighted by molar-refractivity contribution is -0.117. The molecule has 0 radical (unpaired) electrons. The van der Waals surface area contributed by atoms with Crippen LogP contribution in [-0.2, 0) is 16.0 Å². The lowest BCUT2D eigenvalue weighted by Gasteiger charge is -2.15. The van der Waals surface area contributed by atoms with Crippen LogP contribution in [0.25, 0.3) is 0 Å². The lowest BCUT2D eigenvalue weighted by Crippen LogP contribution is -2.25. The minimum absolute atomic E-state index is 0. The fourth-order valence-electron chi connectivity index (χ4n) is 3.34. The van der Waals surface area contributed by atoms with Crippen molar-refractivity contribution < 1.29 is 9.59 Å². The van der Waals surface area contributed by atoms with Gasteiger partial charge in [-0.2, -0.15) is 0 Å². The zero-order valence-corrected chi connectivity index (χ0v) is 14.2. The number of carbonyl (C=O) groups excluding carboxylic acids is 2. The monoisotopic (exact) mass is 337 g/mol. The standard InChI is InChI=1S/C17H23N3O2.ClH/c1-12(21)20-10-8-13-11-15(4-6-16(13)20)19-17(22)7-5-14-3-2-9-18-14;/h4,6,11,14,18H,2-3,5,7-10H2,1H3,(H,19,22);1H. The van der Waals surface area contributed by atoms with Crippen LogP contribution in [0, 0.1) is 0 Å². The van der Waals surface area contributed by atoms with Gasteiger partial charge in [0, 0.05) is 37.3 Å². The quantitative estimate of drug-likeness (QED) is 0.887. The second kappa shape index (κ2) is 7.79. The molecule has 6 heteroatoms. The Kier molecular flexibility index (Phi) is 6.02. The first-order chi connectivity index (χ1) is 10.6. The third-order valence-electron chi connectivity index (χ3n) is 4.52. The molecule has 1 aromatic rings. The highest BCUT2D eigenvalue weighted by atomic mass is 35.5. The number of halogens is 1. The molecule has 0 spiro atoms. The third-order valence-corrected chi connectivity index (χ3v) is 4.52. The molecule has 1 unspecified atom stereocenters. The van der Waals surface area contributed by atoms with Crippen molar-refractivity contribution in [1.82, 2.24) is 5.32 Å². The maximum Gasteiger partial charge on any atom is 0.224 e. The van der Waals surface area contributed by atoms with Crippen LogP contribution >= 0.6 is 12.4 Å². The van der Waals surface area contributed by atoms with Gasteiger partial charge in [-0.05, 0) is 56.0 Å². The van der Waals surface area contributed by atoms with Gasteiger partial charge >= 0.3 is 0 Å². The van der Waals surface area contributed by atoms with Crippen molar-refractivity contribution >= 4 is 35.6 Å². The Morgan fingerprint density at radius 3 is 2.91 bits per heavy atom. The van der Waals surface area contributed by atoms with Crippen molar-refractivity contribution in [2.75, 3.05) is 23.3 Å². The summed E-state index contributed by atoms with van der Waals surface area (Å²) in [4.78, 5) is 25.4. The molecule has 0 saturated carbocycles. The number of hydrogen-bond acceptors (Lipinski definition) is 3. The first kappa shape index (κ1) is 17.8. The highest BCUT2D eigenvalue weighted by molar-refractivity contribution is 5.95. The minimum atomic E-state index is 0. The summed E-state index contributed by atoms with van der Waals surface area (Å²) < 4.78 is 0. The van der Waals surface area contributed by atoms with E-state index in [1.165, 1.54) is 12.8 Å². The first-order valence-electron chi connectivity index (χ1n) is 8.08. The number of carbonyl (C=O) groups is 2. The van der Waals surface area contributed by atoms with Gasteiger partial charge in [-0.1, -0.05) is 0 Å². The molecule has 2 amide bonds. The Morgan fingerprint density at radius 2 is 2.22 bits per heavy atom. The van der Waals surface area contributed by atoms with Gasteiger partial charge in [-0.3, -0.25) is 9.59 Å². The number of fused-ring (bicyclic) bond motifs is 1. The zero-order valence-electron chi connectivity index (χ0n) is 13.4. The highest BCUT2D eigenvalue weighted by Crippen LogP contribution is 2.30. The Hall–Kier alpha value is -1.59. The Morgan fingerprint density at radius 1 is 1.39 bits per heavy atom. The van der Waals surface area contributed by atoms with Gasteiger partial charge in [0.05, 0.1) is 0 Å². The molecule has 126 valence electrons. The zero-order chi connectivity index (χ0) is 15.5. The van der Waals surface area contributed by atoms with E-state index in [9.17, 15) is 9.59 Å². The van der Waals surface area contributed by atoms with Crippen LogP contribution < -0.4 is 15.5 Å². The van der Waals surface area contributed by atoms with E-state index in [2.05, 4.69) is 10.6 Å². The Balaban J connectivity index is 0.00000192. The molecule has 1 aromatic carbocycles. The van der Waals surface area contributed by atoms with Gasteiger partial charge < -0.3 is 15.5 Å². The van der Waals surface area contributed by atoms with Gasteiger partial charge in [0.25, 0.3) is 0 Å². The summed E-state index contributed by atoms with van der Waals surface area (Å²) in [5, 5.41) is 6.38. The van der Waals surface area contributed by atoms with Crippen molar-refractivity contribution in [2.24, 2.45) is 0 Å². The predicted molar refractivity (Wildman–Crippen MR) is 94.3 cm³/mol. The van der Waals surface area contributed by atoms with Gasteiger partial charge in [-0.15, -0.1) is 12.4 Å². The number of rotatable bonds is 4. The van der Waals surface area contributed by atoms with Crippen LogP contribution in [0.5, 0.6) is 0 Å². The summed E-state index contributed by atoms with van der Waals surface area (Å²) in [5.41, 5.74) is 2.93. The van der Waals surface area contributed by atoms with E-state index in [0.717, 1.165) is 42.9 Å². The van der Waals surface area contributed by atoms with Crippen LogP contribution in [0.3, 0.4) is 0 Å². The minimum Gasteiger partial charge on any atom is -0.326 e. The molecule has 2 heterocycles. The summed E-state index contributed by atoms with van der Waals surface area (Å²) in [6, 6.07) is 6.29. The first-order valence-corrected chi connectivity index (χ1v) is 8.08. The predicted octanol–water partition coefficient (Wildman–Crippen LogP) is 2.49. The van der Waals surface area contributed by atoms with E-state index in [1.807, 2.05) is 18.2 Å². The van der Waals surface area contributed by atoms with Crippen molar-refractivity contribution in [1.29, 1.82) is 0 Å². The molecule has 2 aliphatic rings. The smallest absolute Gasteiger partial charge is 0.224 e. The van der Waals surface area contributed by atoms with E-state index < -0.39 is 0 Å². The van der Waals surface area contributed by atoms with Gasteiger partial charge in [0.15, 0.2) is 0 Å². The highest BCUT2D eigenvalue weighted by Gasteiger charge is 2.22. The number of nitrogens with one attached hydrogen (secondary N) is 2. The van der Waals surface area contributed by atoms with Crippen LogP contribution in [0.2, 0.25) is 0 Å². The molecular formula is C17H24ClN3O2. The van der Waals surface area contributed by atoms with Gasteiger partial charge in [-0.25, -0.2) is 0 Å². The molecule has 2 N–H and O–H groups in total. The fraction of sp³-hybridized carbons (Fsp3) is 0.529. The Labute approximate surface area is 143 Å². The molecule has 1 atom stereocenters. The molecule has 1 saturated heterocycles. The van der Waals surface area contributed by atoms with Crippen molar-refractivity contribution in [2.45, 2.75) is 45.1 Å². The second-order valence-electron chi connectivity index (χ2n) is 6.14. The molecule has 1 fully saturated rings. The number of benzene rings is 1. The molecule has 3 rings (SSSR count). The maximum atomic E-state index is 12.0. The van der Waals surface area contributed by atoms with E-state index in [-0.39, 0.29) is 24.2 Å². The molecule has 23 heavy (non-hydrogen) atoms. The van der Waals surface area contributed by atoms with Crippen LogP contribution in [0.15, 0.2) is 18.2 Å². The summed E-state index contributed by atoms with van der Waals surface area (Å²) in [6.45, 7) is 3.39. The van der Waals surface area contributed by atoms with Crippen molar-refractivity contribution in [3.8, 4) is 0 Å². The van der Waals surface area contributed by atoms with Gasteiger partial charge in [0.1, 0.15) is 0 Å². The third kappa shape index (κ3) is 4.24. The molecule has 0 aromatic heterocycles.